The van der Waals surface area contributed by atoms with Crippen LogP contribution in [0.15, 0.2) is 44.2 Å². The highest BCUT2D eigenvalue weighted by molar-refractivity contribution is 9.10. The number of anilines is 1. The van der Waals surface area contributed by atoms with Gasteiger partial charge in [-0.2, -0.15) is 0 Å². The molecule has 0 bridgehead atoms. The van der Waals surface area contributed by atoms with Gasteiger partial charge in [0, 0.05) is 8.95 Å². The lowest BCUT2D eigenvalue weighted by Gasteiger charge is -2.15. The molecule has 2 aromatic carbocycles. The second kappa shape index (κ2) is 10.4. The Morgan fingerprint density at radius 3 is 2.58 bits per heavy atom. The second-order valence-electron chi connectivity index (χ2n) is 6.00. The van der Waals surface area contributed by atoms with E-state index in [0.717, 1.165) is 4.47 Å². The number of ether oxygens (including phenoxy) is 3. The number of thiocarbonyl (C=S) groups is 1. The Balaban J connectivity index is 1.90. The van der Waals surface area contributed by atoms with Crippen LogP contribution in [0.2, 0.25) is 5.02 Å². The summed E-state index contributed by atoms with van der Waals surface area (Å²) in [6.45, 7) is -0.257. The number of benzene rings is 2. The number of rotatable bonds is 6. The summed E-state index contributed by atoms with van der Waals surface area (Å²) in [6, 6.07) is 8.54. The zero-order chi connectivity index (χ0) is 22.7. The van der Waals surface area contributed by atoms with E-state index in [1.807, 2.05) is 0 Å². The van der Waals surface area contributed by atoms with E-state index in [4.69, 9.17) is 33.3 Å². The van der Waals surface area contributed by atoms with Crippen LogP contribution in [0, 0.1) is 0 Å². The van der Waals surface area contributed by atoms with Crippen molar-refractivity contribution < 1.29 is 23.8 Å². The number of nitrogens with zero attached hydrogens (tertiary/aromatic N) is 1. The number of halogens is 3. The van der Waals surface area contributed by atoms with E-state index in [0.29, 0.717) is 41.5 Å². The average Bonchev–Trinajstić information content (AvgIpc) is 3.02. The fourth-order valence-corrected chi connectivity index (χ4v) is 4.73. The molecule has 0 aliphatic carbocycles. The minimum atomic E-state index is -0.515. The summed E-state index contributed by atoms with van der Waals surface area (Å²) in [6.07, 6.45) is 1.70. The van der Waals surface area contributed by atoms with E-state index in [-0.39, 0.29) is 12.5 Å². The number of hydrogen-bond acceptors (Lipinski definition) is 7. The van der Waals surface area contributed by atoms with Gasteiger partial charge in [0.15, 0.2) is 22.4 Å². The Bertz CT molecular complexity index is 1110. The summed E-state index contributed by atoms with van der Waals surface area (Å²) < 4.78 is 17.2. The fourth-order valence-electron chi connectivity index (χ4n) is 2.59. The third kappa shape index (κ3) is 5.43. The van der Waals surface area contributed by atoms with Gasteiger partial charge in [0.25, 0.3) is 5.91 Å². The molecule has 31 heavy (non-hydrogen) atoms. The van der Waals surface area contributed by atoms with Gasteiger partial charge in [-0.15, -0.1) is 0 Å². The zero-order valence-electron chi connectivity index (χ0n) is 16.1. The molecule has 0 saturated carbocycles. The van der Waals surface area contributed by atoms with Crippen LogP contribution < -0.4 is 14.4 Å². The highest BCUT2D eigenvalue weighted by Crippen LogP contribution is 2.40. The zero-order valence-corrected chi connectivity index (χ0v) is 21.7. The molecule has 11 heteroatoms. The van der Waals surface area contributed by atoms with Crippen LogP contribution in [0.4, 0.5) is 5.69 Å². The maximum atomic E-state index is 13.0. The predicted molar refractivity (Wildman–Crippen MR) is 133 cm³/mol. The molecule has 3 rings (SSSR count). The Kier molecular flexibility index (Phi) is 8.03. The first-order valence-corrected chi connectivity index (χ1v) is 11.7. The summed E-state index contributed by atoms with van der Waals surface area (Å²) >= 11 is 19.6. The molecule has 162 valence electrons. The van der Waals surface area contributed by atoms with E-state index in [1.54, 1.807) is 36.4 Å². The van der Waals surface area contributed by atoms with Crippen molar-refractivity contribution in [1.82, 2.24) is 0 Å². The predicted octanol–water partition coefficient (Wildman–Crippen LogP) is 5.83. The number of carbonyl (C=O) groups is 2. The van der Waals surface area contributed by atoms with Crippen molar-refractivity contribution in [3.8, 4) is 11.5 Å². The van der Waals surface area contributed by atoms with Crippen LogP contribution in [0.3, 0.4) is 0 Å². The van der Waals surface area contributed by atoms with Gasteiger partial charge in [-0.25, -0.2) is 4.79 Å². The molecule has 1 fully saturated rings. The lowest BCUT2D eigenvalue weighted by Crippen LogP contribution is -2.27. The van der Waals surface area contributed by atoms with Crippen molar-refractivity contribution >= 4 is 95.4 Å². The number of esters is 1. The quantitative estimate of drug-likeness (QED) is 0.233. The number of carbonyl (C=O) groups excluding carboxylic acids is 2. The first-order valence-electron chi connectivity index (χ1n) is 8.55. The molecular weight excluding hydrogens is 594 g/mol. The summed E-state index contributed by atoms with van der Waals surface area (Å²) in [5.41, 5.74) is 1.26. The molecule has 0 N–H and O–H groups in total. The molecule has 1 heterocycles. The second-order valence-corrected chi connectivity index (χ2v) is 9.80. The van der Waals surface area contributed by atoms with Crippen LogP contribution in [0.25, 0.3) is 6.08 Å². The van der Waals surface area contributed by atoms with Gasteiger partial charge in [0.1, 0.15) is 0 Å². The number of methoxy groups -OCH3 is 2. The lowest BCUT2D eigenvalue weighted by molar-refractivity contribution is -0.142. The molecule has 0 atom stereocenters. The first kappa shape index (κ1) is 24.1. The van der Waals surface area contributed by atoms with Gasteiger partial charge in [-0.05, 0) is 57.9 Å². The molecule has 0 radical (unpaired) electrons. The first-order chi connectivity index (χ1) is 14.7. The Morgan fingerprint density at radius 1 is 1.19 bits per heavy atom. The summed E-state index contributed by atoms with van der Waals surface area (Å²) in [4.78, 5) is 26.2. The summed E-state index contributed by atoms with van der Waals surface area (Å²) in [5, 5.41) is 0.477. The summed E-state index contributed by atoms with van der Waals surface area (Å²) in [7, 11) is 2.76. The van der Waals surface area contributed by atoms with E-state index < -0.39 is 5.97 Å². The Labute approximate surface area is 210 Å². The van der Waals surface area contributed by atoms with Gasteiger partial charge >= 0.3 is 5.97 Å². The van der Waals surface area contributed by atoms with Gasteiger partial charge in [-0.3, -0.25) is 9.69 Å². The molecule has 1 saturated heterocycles. The molecule has 0 unspecified atom stereocenters. The molecular formula is C20H14Br2ClNO5S2. The largest absolute Gasteiger partial charge is 0.493 e. The van der Waals surface area contributed by atoms with E-state index >= 15 is 0 Å². The third-order valence-corrected chi connectivity index (χ3v) is 7.32. The van der Waals surface area contributed by atoms with Crippen molar-refractivity contribution in [2.45, 2.75) is 0 Å². The van der Waals surface area contributed by atoms with Crippen molar-refractivity contribution in [3.05, 3.63) is 54.8 Å². The van der Waals surface area contributed by atoms with Crippen molar-refractivity contribution in [2.75, 3.05) is 25.7 Å². The molecule has 2 aromatic rings. The minimum absolute atomic E-state index is 0.257. The maximum absolute atomic E-state index is 13.0. The van der Waals surface area contributed by atoms with Crippen LogP contribution in [-0.2, 0) is 14.3 Å². The lowest BCUT2D eigenvalue weighted by atomic mass is 10.1. The topological polar surface area (TPSA) is 65.1 Å². The van der Waals surface area contributed by atoms with Gasteiger partial charge < -0.3 is 14.2 Å². The normalized spacial score (nSPS) is 14.9. The number of amides is 1. The maximum Gasteiger partial charge on any atom is 0.343 e. The minimum Gasteiger partial charge on any atom is -0.493 e. The van der Waals surface area contributed by atoms with Crippen molar-refractivity contribution in [2.24, 2.45) is 0 Å². The molecule has 1 amide bonds. The van der Waals surface area contributed by atoms with Crippen LogP contribution in [0.5, 0.6) is 11.5 Å². The van der Waals surface area contributed by atoms with Crippen molar-refractivity contribution in [3.63, 3.8) is 0 Å². The molecule has 6 nitrogen and oxygen atoms in total. The molecule has 0 aromatic heterocycles. The SMILES string of the molecule is COC(=O)COc1cc(Br)c(C=C2SC(=S)N(c3ccc(Br)c(Cl)c3)C2=O)cc1OC. The third-order valence-electron chi connectivity index (χ3n) is 4.10. The standard InChI is InChI=1S/C20H14Br2ClNO5S2/c1-27-15-5-10(13(22)8-16(15)29-9-18(25)28-2)6-17-19(26)24(20(30)31-17)11-3-4-12(21)14(23)7-11/h3-8H,9H2,1-2H3. The highest BCUT2D eigenvalue weighted by atomic mass is 79.9. The van der Waals surface area contributed by atoms with Gasteiger partial charge in [-0.1, -0.05) is 51.5 Å². The van der Waals surface area contributed by atoms with E-state index in [9.17, 15) is 9.59 Å². The van der Waals surface area contributed by atoms with Crippen molar-refractivity contribution in [1.29, 1.82) is 0 Å². The van der Waals surface area contributed by atoms with Crippen LogP contribution >= 0.6 is 67.4 Å². The van der Waals surface area contributed by atoms with E-state index in [1.165, 1.54) is 30.9 Å². The summed E-state index contributed by atoms with van der Waals surface area (Å²) in [5.74, 6) is -0.0215. The van der Waals surface area contributed by atoms with Crippen LogP contribution in [0.1, 0.15) is 5.56 Å². The molecule has 0 spiro atoms. The monoisotopic (exact) mass is 605 g/mol. The Hall–Kier alpha value is -1.59. The average molecular weight is 608 g/mol. The highest BCUT2D eigenvalue weighted by Gasteiger charge is 2.33. The smallest absolute Gasteiger partial charge is 0.343 e. The molecule has 1 aliphatic rings. The Morgan fingerprint density at radius 2 is 1.94 bits per heavy atom. The van der Waals surface area contributed by atoms with Crippen LogP contribution in [-0.4, -0.2) is 37.0 Å². The van der Waals surface area contributed by atoms with Gasteiger partial charge in [0.2, 0.25) is 0 Å². The van der Waals surface area contributed by atoms with E-state index in [2.05, 4.69) is 36.6 Å². The fraction of sp³-hybridized carbons (Fsp3) is 0.150. The number of thioether (sulfide) groups is 1. The number of hydrogen-bond donors (Lipinski definition) is 0. The van der Waals surface area contributed by atoms with Gasteiger partial charge in [0.05, 0.1) is 29.8 Å². The molecule has 1 aliphatic heterocycles.